The van der Waals surface area contributed by atoms with Gasteiger partial charge in [-0.05, 0) is 12.1 Å². The molecule has 3 aromatic rings. The number of aryl methyl sites for hydroxylation is 2. The van der Waals surface area contributed by atoms with Crippen molar-refractivity contribution in [1.82, 2.24) is 30.0 Å². The van der Waals surface area contributed by atoms with Crippen LogP contribution >= 0.6 is 0 Å². The summed E-state index contributed by atoms with van der Waals surface area (Å²) in [6.45, 7) is 1.77. The van der Waals surface area contributed by atoms with Gasteiger partial charge in [-0.3, -0.25) is 4.79 Å². The lowest BCUT2D eigenvalue weighted by Gasteiger charge is -1.99. The molecule has 20 heavy (non-hydrogen) atoms. The molecule has 0 unspecified atom stereocenters. The number of hydrogen-bond acceptors (Lipinski definition) is 5. The third-order valence-electron chi connectivity index (χ3n) is 2.99. The van der Waals surface area contributed by atoms with Gasteiger partial charge in [0.1, 0.15) is 0 Å². The highest BCUT2D eigenvalue weighted by Crippen LogP contribution is 2.16. The fourth-order valence-corrected chi connectivity index (χ4v) is 2.04. The molecule has 2 heterocycles. The highest BCUT2D eigenvalue weighted by molar-refractivity contribution is 5.81. The summed E-state index contributed by atoms with van der Waals surface area (Å²) in [6.07, 6.45) is 0.753. The molecule has 0 spiro atoms. The lowest BCUT2D eigenvalue weighted by molar-refractivity contribution is 0.112. The van der Waals surface area contributed by atoms with E-state index >= 15 is 0 Å². The first-order valence-corrected chi connectivity index (χ1v) is 6.05. The van der Waals surface area contributed by atoms with Crippen molar-refractivity contribution < 1.29 is 4.79 Å². The number of rotatable bonds is 3. The summed E-state index contributed by atoms with van der Waals surface area (Å²) in [5, 5.41) is 16.5. The first-order chi connectivity index (χ1) is 9.70. The standard InChI is InChI=1S/C13H12N6O/c1-9-11(8-20)13(18(2)15-9)19-16-12(14-17-19)10-6-4-3-5-7-10/h3-8H,1-2H3. The van der Waals surface area contributed by atoms with Crippen molar-refractivity contribution in [3.05, 3.63) is 41.6 Å². The van der Waals surface area contributed by atoms with Crippen molar-refractivity contribution in [3.8, 4) is 17.2 Å². The summed E-state index contributed by atoms with van der Waals surface area (Å²) in [5.74, 6) is 1.01. The minimum atomic E-state index is 0.463. The number of carbonyl (C=O) groups is 1. The van der Waals surface area contributed by atoms with Crippen LogP contribution in [0, 0.1) is 6.92 Å². The topological polar surface area (TPSA) is 78.5 Å². The molecule has 100 valence electrons. The largest absolute Gasteiger partial charge is 0.298 e. The predicted molar refractivity (Wildman–Crippen MR) is 71.5 cm³/mol. The van der Waals surface area contributed by atoms with E-state index in [-0.39, 0.29) is 0 Å². The van der Waals surface area contributed by atoms with Gasteiger partial charge in [-0.15, -0.1) is 15.0 Å². The van der Waals surface area contributed by atoms with Gasteiger partial charge in [0.2, 0.25) is 5.82 Å². The molecule has 0 aliphatic heterocycles. The van der Waals surface area contributed by atoms with E-state index in [0.29, 0.717) is 22.9 Å². The molecule has 0 N–H and O–H groups in total. The van der Waals surface area contributed by atoms with Crippen LogP contribution in [0.5, 0.6) is 0 Å². The number of carbonyl (C=O) groups excluding carboxylic acids is 1. The Morgan fingerprint density at radius 1 is 1.15 bits per heavy atom. The zero-order valence-corrected chi connectivity index (χ0v) is 11.1. The Morgan fingerprint density at radius 3 is 2.60 bits per heavy atom. The Morgan fingerprint density at radius 2 is 1.90 bits per heavy atom. The molecule has 0 fully saturated rings. The Balaban J connectivity index is 2.09. The SMILES string of the molecule is Cc1nn(C)c(-n2nnc(-c3ccccc3)n2)c1C=O. The summed E-state index contributed by atoms with van der Waals surface area (Å²) in [4.78, 5) is 12.5. The Hall–Kier alpha value is -2.83. The molecule has 0 bridgehead atoms. The van der Waals surface area contributed by atoms with Crippen molar-refractivity contribution in [3.63, 3.8) is 0 Å². The second kappa shape index (κ2) is 4.69. The van der Waals surface area contributed by atoms with Gasteiger partial charge in [0.25, 0.3) is 0 Å². The van der Waals surface area contributed by atoms with Crippen molar-refractivity contribution >= 4 is 6.29 Å². The first kappa shape index (κ1) is 12.2. The molecule has 7 nitrogen and oxygen atoms in total. The van der Waals surface area contributed by atoms with E-state index in [1.807, 2.05) is 30.3 Å². The van der Waals surface area contributed by atoms with Crippen LogP contribution in [-0.4, -0.2) is 36.3 Å². The summed E-state index contributed by atoms with van der Waals surface area (Å²) < 4.78 is 1.56. The second-order valence-electron chi connectivity index (χ2n) is 4.33. The average Bonchev–Trinajstić information content (AvgIpc) is 3.03. The minimum Gasteiger partial charge on any atom is -0.298 e. The molecule has 0 saturated heterocycles. The van der Waals surface area contributed by atoms with Crippen LogP contribution in [0.15, 0.2) is 30.3 Å². The summed E-state index contributed by atoms with van der Waals surface area (Å²) >= 11 is 0. The molecule has 2 aromatic heterocycles. The predicted octanol–water partition coefficient (Wildman–Crippen LogP) is 1.18. The lowest BCUT2D eigenvalue weighted by atomic mass is 10.2. The molecule has 0 atom stereocenters. The summed E-state index contributed by atoms with van der Waals surface area (Å²) in [5.41, 5.74) is 1.96. The van der Waals surface area contributed by atoms with E-state index < -0.39 is 0 Å². The fraction of sp³-hybridized carbons (Fsp3) is 0.154. The van der Waals surface area contributed by atoms with Crippen LogP contribution in [0.3, 0.4) is 0 Å². The van der Waals surface area contributed by atoms with E-state index in [2.05, 4.69) is 20.5 Å². The van der Waals surface area contributed by atoms with E-state index in [4.69, 9.17) is 0 Å². The van der Waals surface area contributed by atoms with Gasteiger partial charge in [0, 0.05) is 12.6 Å². The Labute approximate surface area is 114 Å². The van der Waals surface area contributed by atoms with Crippen LogP contribution in [0.4, 0.5) is 0 Å². The number of benzene rings is 1. The average molecular weight is 268 g/mol. The van der Waals surface area contributed by atoms with Gasteiger partial charge in [-0.25, -0.2) is 4.68 Å². The van der Waals surface area contributed by atoms with Crippen LogP contribution < -0.4 is 0 Å². The second-order valence-corrected chi connectivity index (χ2v) is 4.33. The van der Waals surface area contributed by atoms with Gasteiger partial charge in [-0.2, -0.15) is 5.10 Å². The molecule has 0 aliphatic carbocycles. The molecule has 0 amide bonds. The zero-order valence-electron chi connectivity index (χ0n) is 11.1. The lowest BCUT2D eigenvalue weighted by Crippen LogP contribution is -2.08. The first-order valence-electron chi connectivity index (χ1n) is 6.05. The normalized spacial score (nSPS) is 10.7. The maximum Gasteiger partial charge on any atom is 0.205 e. The van der Waals surface area contributed by atoms with Crippen LogP contribution in [0.1, 0.15) is 16.1 Å². The highest BCUT2D eigenvalue weighted by Gasteiger charge is 2.17. The van der Waals surface area contributed by atoms with E-state index in [0.717, 1.165) is 11.8 Å². The molecular formula is C13H12N6O. The zero-order chi connectivity index (χ0) is 14.1. The Bertz CT molecular complexity index is 759. The monoisotopic (exact) mass is 268 g/mol. The number of hydrogen-bond donors (Lipinski definition) is 0. The quantitative estimate of drug-likeness (QED) is 0.666. The maximum absolute atomic E-state index is 11.2. The van der Waals surface area contributed by atoms with Gasteiger partial charge < -0.3 is 0 Å². The van der Waals surface area contributed by atoms with E-state index in [1.165, 1.54) is 4.80 Å². The van der Waals surface area contributed by atoms with E-state index in [1.54, 1.807) is 18.7 Å². The summed E-state index contributed by atoms with van der Waals surface area (Å²) in [6, 6.07) is 9.53. The molecule has 3 rings (SSSR count). The maximum atomic E-state index is 11.2. The highest BCUT2D eigenvalue weighted by atomic mass is 16.1. The smallest absolute Gasteiger partial charge is 0.205 e. The van der Waals surface area contributed by atoms with Crippen molar-refractivity contribution in [2.24, 2.45) is 7.05 Å². The van der Waals surface area contributed by atoms with Crippen LogP contribution in [0.25, 0.3) is 17.2 Å². The number of tetrazole rings is 1. The van der Waals surface area contributed by atoms with Gasteiger partial charge in [0.15, 0.2) is 12.1 Å². The molecular weight excluding hydrogens is 256 g/mol. The van der Waals surface area contributed by atoms with E-state index in [9.17, 15) is 4.79 Å². The third-order valence-corrected chi connectivity index (χ3v) is 2.99. The number of aromatic nitrogens is 6. The van der Waals surface area contributed by atoms with Gasteiger partial charge in [-0.1, -0.05) is 30.3 Å². The number of aldehydes is 1. The molecule has 0 radical (unpaired) electrons. The molecule has 0 saturated carbocycles. The fourth-order valence-electron chi connectivity index (χ4n) is 2.04. The molecule has 1 aromatic carbocycles. The van der Waals surface area contributed by atoms with Gasteiger partial charge in [0.05, 0.1) is 11.3 Å². The Kier molecular flexibility index (Phi) is 2.86. The van der Waals surface area contributed by atoms with Crippen LogP contribution in [-0.2, 0) is 7.05 Å². The summed E-state index contributed by atoms with van der Waals surface area (Å²) in [7, 11) is 1.74. The van der Waals surface area contributed by atoms with Crippen molar-refractivity contribution in [2.45, 2.75) is 6.92 Å². The van der Waals surface area contributed by atoms with Crippen LogP contribution in [0.2, 0.25) is 0 Å². The van der Waals surface area contributed by atoms with Crippen molar-refractivity contribution in [1.29, 1.82) is 0 Å². The minimum absolute atomic E-state index is 0.463. The molecule has 0 aliphatic rings. The van der Waals surface area contributed by atoms with Gasteiger partial charge >= 0.3 is 0 Å². The third kappa shape index (κ3) is 1.89. The van der Waals surface area contributed by atoms with Crippen molar-refractivity contribution in [2.75, 3.05) is 0 Å². The molecule has 7 heteroatoms. The number of nitrogens with zero attached hydrogens (tertiary/aromatic N) is 6.